The maximum absolute atomic E-state index is 14.7. The summed E-state index contributed by atoms with van der Waals surface area (Å²) in [6, 6.07) is 17.0. The molecule has 2 saturated heterocycles. The number of methoxy groups -OCH3 is 2. The summed E-state index contributed by atoms with van der Waals surface area (Å²) in [6.45, 7) is 18.0. The van der Waals surface area contributed by atoms with Crippen molar-refractivity contribution in [1.82, 2.24) is 4.90 Å². The molecule has 378 valence electrons. The second-order valence-corrected chi connectivity index (χ2v) is 19.8. The lowest BCUT2D eigenvalue weighted by atomic mass is 9.76. The Labute approximate surface area is 403 Å². The van der Waals surface area contributed by atoms with E-state index >= 15 is 0 Å². The fraction of sp³-hybridized carbons (Fsp3) is 0.660. The highest BCUT2D eigenvalue weighted by molar-refractivity contribution is 5.96. The highest BCUT2D eigenvalue weighted by atomic mass is 16.7. The molecule has 0 radical (unpaired) electrons. The molecule has 0 saturated carbocycles. The third-order valence-electron chi connectivity index (χ3n) is 14.5. The van der Waals surface area contributed by atoms with Gasteiger partial charge in [-0.15, -0.1) is 0 Å². The van der Waals surface area contributed by atoms with Crippen LogP contribution in [-0.4, -0.2) is 140 Å². The average Bonchev–Trinajstić information content (AvgIpc) is 3.32. The van der Waals surface area contributed by atoms with E-state index in [0.717, 1.165) is 0 Å². The third kappa shape index (κ3) is 12.4. The number of carbonyl (C=O) groups excluding carboxylic acids is 4. The van der Waals surface area contributed by atoms with Crippen molar-refractivity contribution < 1.29 is 66.9 Å². The number of cyclic esters (lactones) is 1. The van der Waals surface area contributed by atoms with Crippen molar-refractivity contribution in [2.75, 3.05) is 28.3 Å². The van der Waals surface area contributed by atoms with Gasteiger partial charge in [-0.25, -0.2) is 9.59 Å². The molecule has 2 unspecified atom stereocenters. The number of hydrogen-bond acceptors (Lipinski definition) is 15. The van der Waals surface area contributed by atoms with Crippen LogP contribution in [0.2, 0.25) is 0 Å². The van der Waals surface area contributed by atoms with E-state index < -0.39 is 102 Å². The van der Waals surface area contributed by atoms with E-state index in [1.807, 2.05) is 65.7 Å². The van der Waals surface area contributed by atoms with Crippen LogP contribution in [0.15, 0.2) is 72.3 Å². The van der Waals surface area contributed by atoms with Crippen molar-refractivity contribution in [3.8, 4) is 0 Å². The first kappa shape index (κ1) is 54.9. The number of ether oxygens (including phenoxy) is 9. The number of esters is 3. The summed E-state index contributed by atoms with van der Waals surface area (Å²) in [7, 11) is 6.88. The summed E-state index contributed by atoms with van der Waals surface area (Å²) >= 11 is 0. The van der Waals surface area contributed by atoms with Gasteiger partial charge in [0.25, 0.3) is 0 Å². The first-order valence-corrected chi connectivity index (χ1v) is 24.1. The van der Waals surface area contributed by atoms with Gasteiger partial charge in [0.2, 0.25) is 0 Å². The van der Waals surface area contributed by atoms with E-state index in [-0.39, 0.29) is 43.6 Å². The Morgan fingerprint density at radius 1 is 0.779 bits per heavy atom. The Morgan fingerprint density at radius 2 is 1.34 bits per heavy atom. The summed E-state index contributed by atoms with van der Waals surface area (Å²) in [5.74, 6) is -4.49. The average molecular weight is 952 g/mol. The first-order chi connectivity index (χ1) is 32.0. The maximum Gasteiger partial charge on any atom is 0.338 e. The van der Waals surface area contributed by atoms with Crippen molar-refractivity contribution in [2.24, 2.45) is 17.8 Å². The number of aliphatic hydroxyl groups is 1. The highest BCUT2D eigenvalue weighted by Gasteiger charge is 2.54. The minimum Gasteiger partial charge on any atom is -0.459 e. The van der Waals surface area contributed by atoms with Gasteiger partial charge in [-0.05, 0) is 117 Å². The molecule has 3 aliphatic rings. The van der Waals surface area contributed by atoms with Crippen molar-refractivity contribution in [3.63, 3.8) is 0 Å². The number of nitrogens with zero attached hydrogens (tertiary/aromatic N) is 1. The number of Topliss-reactive ketones (excluding diaryl/α,β-unsaturated/α-hetero) is 1. The third-order valence-corrected chi connectivity index (χ3v) is 14.5. The van der Waals surface area contributed by atoms with E-state index in [9.17, 15) is 24.3 Å². The molecule has 3 aliphatic heterocycles. The van der Waals surface area contributed by atoms with Gasteiger partial charge in [0.15, 0.2) is 30.6 Å². The van der Waals surface area contributed by atoms with Crippen molar-refractivity contribution >= 4 is 23.7 Å². The number of benzene rings is 2. The van der Waals surface area contributed by atoms with Crippen molar-refractivity contribution in [2.45, 2.75) is 179 Å². The predicted molar refractivity (Wildman–Crippen MR) is 254 cm³/mol. The fourth-order valence-electron chi connectivity index (χ4n) is 10.3. The number of carbonyl (C=O) groups is 4. The molecular weight excluding hydrogens is 875 g/mol. The molecular formula is C53H77NO14. The SMILES string of the molecule is CC[C@H]1OC(=O)[C@H](C)[C@@H](OC2C[C@@](C)(OC)[C@@H](OC(=O)c3ccccc3)[C@H](C)O2)[C@H](C)[C@@H](OC2O[C@H](C)C[C@H](N(C)C)[C@H]2OC(=O)c2ccccc2)[C@](C)(OC)C[C@@H](C)C(=O)/C(C)=C/[C@@]1(O)CC. The Balaban J connectivity index is 1.63. The molecule has 2 aromatic carbocycles. The van der Waals surface area contributed by atoms with E-state index in [2.05, 4.69) is 0 Å². The van der Waals surface area contributed by atoms with E-state index in [1.54, 1.807) is 83.1 Å². The second-order valence-electron chi connectivity index (χ2n) is 19.8. The molecule has 1 N–H and O–H groups in total. The molecule has 3 heterocycles. The molecule has 15 heteroatoms. The minimum absolute atomic E-state index is 0.0761. The van der Waals surface area contributed by atoms with Gasteiger partial charge in [0.1, 0.15) is 17.3 Å². The molecule has 0 amide bonds. The number of likely N-dealkylation sites (N-methyl/N-ethyl adjacent to an activating group) is 1. The summed E-state index contributed by atoms with van der Waals surface area (Å²) in [5.41, 5.74) is -3.04. The molecule has 0 aromatic heterocycles. The number of rotatable bonds is 13. The van der Waals surface area contributed by atoms with Gasteiger partial charge >= 0.3 is 17.9 Å². The molecule has 15 nitrogen and oxygen atoms in total. The predicted octanol–water partition coefficient (Wildman–Crippen LogP) is 7.51. The zero-order chi connectivity index (χ0) is 50.3. The van der Waals surface area contributed by atoms with Crippen molar-refractivity contribution in [1.29, 1.82) is 0 Å². The van der Waals surface area contributed by atoms with Crippen LogP contribution in [0.5, 0.6) is 0 Å². The standard InChI is InChI=1S/C53H77NO14/c1-15-40-53(59,16-2)29-32(4)42(55)31(3)28-51(9,60-13)45(68-50-44(39(54(11)12)27-33(5)62-50)66-48(57)37-23-19-17-20-24-37)34(6)43(35(7)47(56)64-40)65-41-30-52(10,61-14)46(36(8)63-41)67-49(58)38-25-21-18-22-26-38/h17-26,29,31,33-36,39-41,43-46,50,59H,15-16,27-28,30H2,1-14H3/b32-29+/t31-,33-,34+,35-,36+,39+,40-,41?,43+,44-,45-,46+,50?,51-,52-,53+/m1/s1. The molecule has 68 heavy (non-hydrogen) atoms. The molecule has 16 atom stereocenters. The summed E-state index contributed by atoms with van der Waals surface area (Å²) in [4.78, 5) is 58.3. The summed E-state index contributed by atoms with van der Waals surface area (Å²) < 4.78 is 58.6. The molecule has 0 bridgehead atoms. The fourth-order valence-corrected chi connectivity index (χ4v) is 10.3. The van der Waals surface area contributed by atoms with Gasteiger partial charge in [0.05, 0.1) is 53.1 Å². The smallest absolute Gasteiger partial charge is 0.338 e. The normalized spacial score (nSPS) is 38.4. The quantitative estimate of drug-likeness (QED) is 0.154. The van der Waals surface area contributed by atoms with Crippen LogP contribution in [0.4, 0.5) is 0 Å². The van der Waals surface area contributed by atoms with Gasteiger partial charge in [-0.1, -0.05) is 64.1 Å². The minimum atomic E-state index is -1.66. The van der Waals surface area contributed by atoms with Crippen molar-refractivity contribution in [3.05, 3.63) is 83.4 Å². The Hall–Kier alpha value is -4.06. The first-order valence-electron chi connectivity index (χ1n) is 24.1. The monoisotopic (exact) mass is 952 g/mol. The Morgan fingerprint density at radius 3 is 1.87 bits per heavy atom. The Bertz CT molecular complexity index is 2030. The lowest BCUT2D eigenvalue weighted by Crippen LogP contribution is -2.61. The van der Waals surface area contributed by atoms with E-state index in [1.165, 1.54) is 20.3 Å². The highest BCUT2D eigenvalue weighted by Crippen LogP contribution is 2.42. The van der Waals surface area contributed by atoms with E-state index in [0.29, 0.717) is 23.1 Å². The lowest BCUT2D eigenvalue weighted by Gasteiger charge is -2.50. The van der Waals surface area contributed by atoms with Gasteiger partial charge in [-0.3, -0.25) is 9.59 Å². The summed E-state index contributed by atoms with van der Waals surface area (Å²) in [6.07, 6.45) is -5.56. The van der Waals surface area contributed by atoms with Crippen LogP contribution in [0.1, 0.15) is 122 Å². The molecule has 0 aliphatic carbocycles. The largest absolute Gasteiger partial charge is 0.459 e. The van der Waals surface area contributed by atoms with Crippen LogP contribution in [0, 0.1) is 17.8 Å². The Kier molecular flexibility index (Phi) is 18.8. The van der Waals surface area contributed by atoms with Crippen LogP contribution in [0.25, 0.3) is 0 Å². The zero-order valence-corrected chi connectivity index (χ0v) is 42.6. The molecule has 2 aromatic rings. The zero-order valence-electron chi connectivity index (χ0n) is 42.6. The molecule has 0 spiro atoms. The second kappa shape index (κ2) is 23.2. The summed E-state index contributed by atoms with van der Waals surface area (Å²) in [5, 5.41) is 12.1. The van der Waals surface area contributed by atoms with E-state index in [4.69, 9.17) is 42.6 Å². The molecule has 2 fully saturated rings. The number of ketones is 1. The van der Waals surface area contributed by atoms with Crippen LogP contribution in [0.3, 0.4) is 0 Å². The number of allylic oxidation sites excluding steroid dienone is 1. The lowest BCUT2D eigenvalue weighted by molar-refractivity contribution is -0.318. The number of hydrogen-bond donors (Lipinski definition) is 1. The topological polar surface area (TPSA) is 175 Å². The maximum atomic E-state index is 14.7. The van der Waals surface area contributed by atoms with Gasteiger partial charge in [-0.2, -0.15) is 0 Å². The van der Waals surface area contributed by atoms with Gasteiger partial charge < -0.3 is 52.6 Å². The molecule has 5 rings (SSSR count). The van der Waals surface area contributed by atoms with Crippen LogP contribution < -0.4 is 0 Å². The van der Waals surface area contributed by atoms with Crippen LogP contribution in [-0.2, 0) is 52.2 Å². The van der Waals surface area contributed by atoms with Crippen LogP contribution >= 0.6 is 0 Å². The van der Waals surface area contributed by atoms with Gasteiger partial charge in [0, 0.05) is 32.5 Å².